The van der Waals surface area contributed by atoms with Crippen LogP contribution in [0, 0.1) is 17.7 Å². The van der Waals surface area contributed by atoms with E-state index in [9.17, 15) is 9.50 Å². The van der Waals surface area contributed by atoms with Gasteiger partial charge in [-0.25, -0.2) is 4.39 Å². The smallest absolute Gasteiger partial charge is 0.142 e. The van der Waals surface area contributed by atoms with Gasteiger partial charge in [0.15, 0.2) is 0 Å². The van der Waals surface area contributed by atoms with Gasteiger partial charge < -0.3 is 10.4 Å². The molecule has 2 N–H and O–H groups in total. The van der Waals surface area contributed by atoms with Gasteiger partial charge in [0.25, 0.3) is 0 Å². The summed E-state index contributed by atoms with van der Waals surface area (Å²) in [5, 5.41) is 13.2. The lowest BCUT2D eigenvalue weighted by Crippen LogP contribution is -2.29. The molecule has 112 valence electrons. The molecule has 0 saturated heterocycles. The lowest BCUT2D eigenvalue weighted by atomic mass is 9.96. The summed E-state index contributed by atoms with van der Waals surface area (Å²) in [6, 6.07) is 2.78. The Balaban J connectivity index is 1.98. The highest BCUT2D eigenvalue weighted by Crippen LogP contribution is 2.32. The molecule has 1 aromatic rings. The van der Waals surface area contributed by atoms with Crippen LogP contribution in [-0.2, 0) is 0 Å². The first-order chi connectivity index (χ1) is 9.52. The third-order valence-corrected chi connectivity index (χ3v) is 4.86. The normalized spacial score (nSPS) is 24.1. The summed E-state index contributed by atoms with van der Waals surface area (Å²) in [5.41, 5.74) is 0.715. The number of aliphatic hydroxyl groups excluding tert-OH is 1. The van der Waals surface area contributed by atoms with Gasteiger partial charge in [0.1, 0.15) is 5.82 Å². The van der Waals surface area contributed by atoms with Crippen LogP contribution in [0.1, 0.15) is 37.8 Å². The van der Waals surface area contributed by atoms with Crippen LogP contribution in [0.3, 0.4) is 0 Å². The first-order valence-corrected chi connectivity index (χ1v) is 7.77. The summed E-state index contributed by atoms with van der Waals surface area (Å²) in [6.07, 6.45) is 3.39. The van der Waals surface area contributed by atoms with Crippen molar-refractivity contribution in [2.24, 2.45) is 11.8 Å². The molecule has 20 heavy (non-hydrogen) atoms. The molecule has 0 aromatic heterocycles. The second-order valence-electron chi connectivity index (χ2n) is 5.55. The first kappa shape index (κ1) is 16.0. The second-order valence-corrected chi connectivity index (χ2v) is 6.37. The highest BCUT2D eigenvalue weighted by molar-refractivity contribution is 6.35. The zero-order chi connectivity index (χ0) is 14.7. The quantitative estimate of drug-likeness (QED) is 0.797. The number of rotatable bonds is 5. The number of aliphatic hydroxyl groups is 1. The standard InChI is InChI=1S/C15H20Cl2FNO/c1-9(12-5-15(18)14(17)6-13(12)16)19-7-10-3-2-4-11(10)8-20/h5-6,9-11,19-20H,2-4,7-8H2,1H3. The summed E-state index contributed by atoms with van der Waals surface area (Å²) >= 11 is 11.8. The molecule has 5 heteroatoms. The summed E-state index contributed by atoms with van der Waals surface area (Å²) in [6.45, 7) is 3.02. The average Bonchev–Trinajstić information content (AvgIpc) is 2.87. The fourth-order valence-corrected chi connectivity index (χ4v) is 3.48. The van der Waals surface area contributed by atoms with Crippen molar-refractivity contribution in [3.8, 4) is 0 Å². The fraction of sp³-hybridized carbons (Fsp3) is 0.600. The fourth-order valence-electron chi connectivity index (χ4n) is 2.93. The number of benzene rings is 1. The van der Waals surface area contributed by atoms with Crippen molar-refractivity contribution in [3.05, 3.63) is 33.6 Å². The Hall–Kier alpha value is -0.350. The number of hydrogen-bond donors (Lipinski definition) is 2. The molecule has 0 aliphatic heterocycles. The summed E-state index contributed by atoms with van der Waals surface area (Å²) in [5.74, 6) is 0.416. The third-order valence-electron chi connectivity index (χ3n) is 4.24. The van der Waals surface area contributed by atoms with E-state index in [1.165, 1.54) is 18.6 Å². The van der Waals surface area contributed by atoms with Gasteiger partial charge in [-0.3, -0.25) is 0 Å². The topological polar surface area (TPSA) is 32.3 Å². The molecule has 0 bridgehead atoms. The third kappa shape index (κ3) is 3.64. The molecule has 3 atom stereocenters. The monoisotopic (exact) mass is 319 g/mol. The minimum atomic E-state index is -0.450. The number of halogens is 3. The molecule has 2 rings (SSSR count). The van der Waals surface area contributed by atoms with Crippen molar-refractivity contribution in [1.29, 1.82) is 0 Å². The van der Waals surface area contributed by atoms with Gasteiger partial charge in [0, 0.05) is 17.7 Å². The van der Waals surface area contributed by atoms with Crippen molar-refractivity contribution in [1.82, 2.24) is 5.32 Å². The average molecular weight is 320 g/mol. The van der Waals surface area contributed by atoms with Gasteiger partial charge in [0.2, 0.25) is 0 Å². The maximum Gasteiger partial charge on any atom is 0.142 e. The van der Waals surface area contributed by atoms with Crippen molar-refractivity contribution in [2.45, 2.75) is 32.2 Å². The van der Waals surface area contributed by atoms with Crippen LogP contribution in [0.15, 0.2) is 12.1 Å². The molecule has 0 heterocycles. The van der Waals surface area contributed by atoms with E-state index in [1.54, 1.807) is 0 Å². The molecule has 0 radical (unpaired) electrons. The van der Waals surface area contributed by atoms with E-state index in [1.807, 2.05) is 6.92 Å². The van der Waals surface area contributed by atoms with Gasteiger partial charge in [0.05, 0.1) is 5.02 Å². The number of nitrogens with one attached hydrogen (secondary N) is 1. The Morgan fingerprint density at radius 1 is 1.30 bits per heavy atom. The SMILES string of the molecule is CC(NCC1CCCC1CO)c1cc(F)c(Cl)cc1Cl. The van der Waals surface area contributed by atoms with E-state index < -0.39 is 5.82 Å². The minimum absolute atomic E-state index is 0.0436. The van der Waals surface area contributed by atoms with Crippen LogP contribution in [-0.4, -0.2) is 18.3 Å². The Bertz CT molecular complexity index is 469. The Morgan fingerprint density at radius 3 is 2.70 bits per heavy atom. The van der Waals surface area contributed by atoms with Crippen molar-refractivity contribution in [2.75, 3.05) is 13.2 Å². The Labute approximate surface area is 129 Å². The maximum absolute atomic E-state index is 13.5. The molecule has 1 aliphatic rings. The Kier molecular flexibility index (Phi) is 5.67. The van der Waals surface area contributed by atoms with Crippen LogP contribution in [0.5, 0.6) is 0 Å². The van der Waals surface area contributed by atoms with Crippen LogP contribution < -0.4 is 5.32 Å². The summed E-state index contributed by atoms with van der Waals surface area (Å²) < 4.78 is 13.5. The zero-order valence-corrected chi connectivity index (χ0v) is 13.0. The molecule has 3 unspecified atom stereocenters. The summed E-state index contributed by atoms with van der Waals surface area (Å²) in [4.78, 5) is 0. The molecule has 1 saturated carbocycles. The summed E-state index contributed by atoms with van der Waals surface area (Å²) in [7, 11) is 0. The van der Waals surface area contributed by atoms with Crippen molar-refractivity contribution < 1.29 is 9.50 Å². The number of hydrogen-bond acceptors (Lipinski definition) is 2. The van der Waals surface area contributed by atoms with E-state index in [0.717, 1.165) is 19.4 Å². The molecule has 1 aromatic carbocycles. The molecule has 2 nitrogen and oxygen atoms in total. The van der Waals surface area contributed by atoms with Gasteiger partial charge in [-0.05, 0) is 55.8 Å². The van der Waals surface area contributed by atoms with Crippen LogP contribution in [0.25, 0.3) is 0 Å². The molecule has 0 amide bonds. The van der Waals surface area contributed by atoms with E-state index in [2.05, 4.69) is 5.32 Å². The lowest BCUT2D eigenvalue weighted by molar-refractivity contribution is 0.190. The molecule has 1 fully saturated rings. The van der Waals surface area contributed by atoms with Crippen molar-refractivity contribution >= 4 is 23.2 Å². The van der Waals surface area contributed by atoms with E-state index in [-0.39, 0.29) is 17.7 Å². The molecular formula is C15H20Cl2FNO. The second kappa shape index (κ2) is 7.08. The van der Waals surface area contributed by atoms with Crippen LogP contribution >= 0.6 is 23.2 Å². The molecule has 1 aliphatic carbocycles. The van der Waals surface area contributed by atoms with Crippen LogP contribution in [0.2, 0.25) is 10.0 Å². The van der Waals surface area contributed by atoms with Crippen LogP contribution in [0.4, 0.5) is 4.39 Å². The van der Waals surface area contributed by atoms with Gasteiger partial charge >= 0.3 is 0 Å². The van der Waals surface area contributed by atoms with Crippen molar-refractivity contribution in [3.63, 3.8) is 0 Å². The highest BCUT2D eigenvalue weighted by atomic mass is 35.5. The van der Waals surface area contributed by atoms with Gasteiger partial charge in [-0.2, -0.15) is 0 Å². The predicted molar refractivity (Wildman–Crippen MR) is 80.8 cm³/mol. The predicted octanol–water partition coefficient (Wildman–Crippen LogP) is 4.19. The lowest BCUT2D eigenvalue weighted by Gasteiger charge is -2.22. The van der Waals surface area contributed by atoms with E-state index in [0.29, 0.717) is 22.4 Å². The highest BCUT2D eigenvalue weighted by Gasteiger charge is 2.26. The first-order valence-electron chi connectivity index (χ1n) is 7.01. The Morgan fingerprint density at radius 2 is 2.00 bits per heavy atom. The maximum atomic E-state index is 13.5. The molecule has 0 spiro atoms. The zero-order valence-electron chi connectivity index (χ0n) is 11.5. The largest absolute Gasteiger partial charge is 0.396 e. The van der Waals surface area contributed by atoms with E-state index >= 15 is 0 Å². The van der Waals surface area contributed by atoms with Gasteiger partial charge in [-0.1, -0.05) is 29.6 Å². The molecular weight excluding hydrogens is 300 g/mol. The van der Waals surface area contributed by atoms with E-state index in [4.69, 9.17) is 23.2 Å². The minimum Gasteiger partial charge on any atom is -0.396 e. The van der Waals surface area contributed by atoms with Gasteiger partial charge in [-0.15, -0.1) is 0 Å².